The Hall–Kier alpha value is -1.18. The lowest BCUT2D eigenvalue weighted by molar-refractivity contribution is 0.212. The maximum atomic E-state index is 13.6. The maximum absolute atomic E-state index is 13.6. The Bertz CT molecular complexity index is 632. The number of aliphatic hydroxyl groups is 1. The molecule has 1 heterocycles. The molecule has 1 N–H and O–H groups in total. The first kappa shape index (κ1) is 16.2. The van der Waals surface area contributed by atoms with Crippen LogP contribution in [0.3, 0.4) is 0 Å². The molecule has 0 aliphatic carbocycles. The summed E-state index contributed by atoms with van der Waals surface area (Å²) in [5.74, 6) is 0.242. The minimum absolute atomic E-state index is 0.0168. The van der Waals surface area contributed by atoms with Gasteiger partial charge in [-0.15, -0.1) is 0 Å². The molecule has 0 unspecified atom stereocenters. The molecule has 7 heteroatoms. The standard InChI is InChI=1S/C14H20FNO4S/c1-9-4-10(2)14(13(5-9)20-3)21(18,19)16-7-11(15)6-12(16)8-17/h4-5,11-12,17H,6-8H2,1-3H3/t11-,12-/m0/s1. The molecule has 1 aromatic carbocycles. The fraction of sp³-hybridized carbons (Fsp3) is 0.571. The maximum Gasteiger partial charge on any atom is 0.247 e. The van der Waals surface area contributed by atoms with E-state index in [1.165, 1.54) is 7.11 Å². The van der Waals surface area contributed by atoms with Gasteiger partial charge in [0.05, 0.1) is 19.8 Å². The summed E-state index contributed by atoms with van der Waals surface area (Å²) in [5.41, 5.74) is 1.43. The van der Waals surface area contributed by atoms with Gasteiger partial charge in [0.1, 0.15) is 16.8 Å². The molecule has 0 saturated carbocycles. The van der Waals surface area contributed by atoms with Crippen LogP contribution < -0.4 is 4.74 Å². The predicted molar refractivity (Wildman–Crippen MR) is 76.7 cm³/mol. The van der Waals surface area contributed by atoms with Gasteiger partial charge >= 0.3 is 0 Å². The quantitative estimate of drug-likeness (QED) is 0.912. The smallest absolute Gasteiger partial charge is 0.247 e. The van der Waals surface area contributed by atoms with E-state index < -0.39 is 28.8 Å². The van der Waals surface area contributed by atoms with Gasteiger partial charge in [-0.3, -0.25) is 0 Å². The molecule has 1 aromatic rings. The van der Waals surface area contributed by atoms with Crippen molar-refractivity contribution in [3.63, 3.8) is 0 Å². The van der Waals surface area contributed by atoms with Crippen LogP contribution in [0, 0.1) is 13.8 Å². The average molecular weight is 317 g/mol. The van der Waals surface area contributed by atoms with Crippen LogP contribution in [0.5, 0.6) is 5.75 Å². The van der Waals surface area contributed by atoms with Crippen LogP contribution in [0.15, 0.2) is 17.0 Å². The molecular weight excluding hydrogens is 297 g/mol. The van der Waals surface area contributed by atoms with Crippen molar-refractivity contribution < 1.29 is 22.7 Å². The highest BCUT2D eigenvalue weighted by Crippen LogP contribution is 2.35. The summed E-state index contributed by atoms with van der Waals surface area (Å²) in [6, 6.07) is 2.65. The van der Waals surface area contributed by atoms with Crippen molar-refractivity contribution in [2.24, 2.45) is 0 Å². The molecule has 1 aliphatic heterocycles. The summed E-state index contributed by atoms with van der Waals surface area (Å²) >= 11 is 0. The number of halogens is 1. The van der Waals surface area contributed by atoms with Gasteiger partial charge in [-0.2, -0.15) is 4.31 Å². The molecule has 21 heavy (non-hydrogen) atoms. The Morgan fingerprint density at radius 1 is 1.43 bits per heavy atom. The number of rotatable bonds is 4. The second kappa shape index (κ2) is 5.90. The first-order chi connectivity index (χ1) is 9.81. The third kappa shape index (κ3) is 2.90. The molecule has 0 amide bonds. The van der Waals surface area contributed by atoms with Crippen LogP contribution in [0.25, 0.3) is 0 Å². The number of ether oxygens (including phenoxy) is 1. The first-order valence-corrected chi connectivity index (χ1v) is 8.17. The number of methoxy groups -OCH3 is 1. The zero-order valence-electron chi connectivity index (χ0n) is 12.3. The number of aryl methyl sites for hydroxylation is 2. The van der Waals surface area contributed by atoms with Crippen molar-refractivity contribution in [2.45, 2.75) is 37.4 Å². The first-order valence-electron chi connectivity index (χ1n) is 6.73. The van der Waals surface area contributed by atoms with Gasteiger partial charge in [-0.05, 0) is 37.5 Å². The number of sulfonamides is 1. The molecule has 2 rings (SSSR count). The van der Waals surface area contributed by atoms with Crippen molar-refractivity contribution in [1.82, 2.24) is 4.31 Å². The highest BCUT2D eigenvalue weighted by atomic mass is 32.2. The van der Waals surface area contributed by atoms with Crippen molar-refractivity contribution in [2.75, 3.05) is 20.3 Å². The Morgan fingerprint density at radius 2 is 2.10 bits per heavy atom. The molecule has 1 aliphatic rings. The largest absolute Gasteiger partial charge is 0.495 e. The highest BCUT2D eigenvalue weighted by Gasteiger charge is 2.41. The van der Waals surface area contributed by atoms with Crippen molar-refractivity contribution >= 4 is 10.0 Å². The molecule has 0 bridgehead atoms. The zero-order valence-corrected chi connectivity index (χ0v) is 13.2. The summed E-state index contributed by atoms with van der Waals surface area (Å²) in [5, 5.41) is 9.30. The number of hydrogen-bond donors (Lipinski definition) is 1. The normalized spacial score (nSPS) is 23.5. The number of hydrogen-bond acceptors (Lipinski definition) is 4. The van der Waals surface area contributed by atoms with Gasteiger partial charge in [-0.1, -0.05) is 6.07 Å². The van der Waals surface area contributed by atoms with Crippen LogP contribution in [-0.2, 0) is 10.0 Å². The van der Waals surface area contributed by atoms with E-state index in [9.17, 15) is 17.9 Å². The Kier molecular flexibility index (Phi) is 4.55. The second-order valence-electron chi connectivity index (χ2n) is 5.36. The van der Waals surface area contributed by atoms with E-state index in [1.54, 1.807) is 19.1 Å². The highest BCUT2D eigenvalue weighted by molar-refractivity contribution is 7.89. The third-order valence-electron chi connectivity index (χ3n) is 3.70. The number of aliphatic hydroxyl groups excluding tert-OH is 1. The van der Waals surface area contributed by atoms with Crippen LogP contribution in [0.4, 0.5) is 4.39 Å². The van der Waals surface area contributed by atoms with E-state index in [0.29, 0.717) is 5.56 Å². The molecule has 1 saturated heterocycles. The second-order valence-corrected chi connectivity index (χ2v) is 7.18. The number of nitrogens with zero attached hydrogens (tertiary/aromatic N) is 1. The van der Waals surface area contributed by atoms with E-state index in [1.807, 2.05) is 6.92 Å². The lowest BCUT2D eigenvalue weighted by Crippen LogP contribution is -2.38. The van der Waals surface area contributed by atoms with Gasteiger partial charge in [0, 0.05) is 6.54 Å². The van der Waals surface area contributed by atoms with Crippen molar-refractivity contribution in [3.8, 4) is 5.75 Å². The van der Waals surface area contributed by atoms with E-state index in [2.05, 4.69) is 0 Å². The number of alkyl halides is 1. The van der Waals surface area contributed by atoms with Gasteiger partial charge in [-0.25, -0.2) is 12.8 Å². The predicted octanol–water partition coefficient (Wildman–Crippen LogP) is 1.41. The molecule has 0 radical (unpaired) electrons. The Balaban J connectivity index is 2.54. The fourth-order valence-corrected chi connectivity index (χ4v) is 4.81. The van der Waals surface area contributed by atoms with Crippen LogP contribution in [-0.4, -0.2) is 50.3 Å². The van der Waals surface area contributed by atoms with E-state index in [0.717, 1.165) is 9.87 Å². The fourth-order valence-electron chi connectivity index (χ4n) is 2.81. The SMILES string of the molecule is COc1cc(C)cc(C)c1S(=O)(=O)N1C[C@@H](F)C[C@H]1CO. The minimum atomic E-state index is -3.91. The molecule has 118 valence electrons. The van der Waals surface area contributed by atoms with Crippen LogP contribution >= 0.6 is 0 Å². The van der Waals surface area contributed by atoms with Gasteiger partial charge in [0.25, 0.3) is 0 Å². The molecule has 0 spiro atoms. The molecular formula is C14H20FNO4S. The topological polar surface area (TPSA) is 66.8 Å². The lowest BCUT2D eigenvalue weighted by atomic mass is 10.1. The van der Waals surface area contributed by atoms with Crippen molar-refractivity contribution in [1.29, 1.82) is 0 Å². The molecule has 0 aromatic heterocycles. The van der Waals surface area contributed by atoms with Crippen molar-refractivity contribution in [3.05, 3.63) is 23.3 Å². The Morgan fingerprint density at radius 3 is 2.67 bits per heavy atom. The summed E-state index contributed by atoms with van der Waals surface area (Å²) in [7, 11) is -2.51. The zero-order chi connectivity index (χ0) is 15.8. The van der Waals surface area contributed by atoms with E-state index in [-0.39, 0.29) is 23.6 Å². The summed E-state index contributed by atoms with van der Waals surface area (Å²) in [4.78, 5) is 0.0446. The average Bonchev–Trinajstić information content (AvgIpc) is 2.79. The Labute approximate surface area is 124 Å². The van der Waals surface area contributed by atoms with Crippen LogP contribution in [0.1, 0.15) is 17.5 Å². The molecule has 5 nitrogen and oxygen atoms in total. The van der Waals surface area contributed by atoms with Gasteiger partial charge in [0.15, 0.2) is 0 Å². The summed E-state index contributed by atoms with van der Waals surface area (Å²) in [6.45, 7) is 2.89. The lowest BCUT2D eigenvalue weighted by Gasteiger charge is -2.24. The van der Waals surface area contributed by atoms with E-state index >= 15 is 0 Å². The van der Waals surface area contributed by atoms with Gasteiger partial charge < -0.3 is 9.84 Å². The third-order valence-corrected chi connectivity index (χ3v) is 5.80. The number of benzene rings is 1. The minimum Gasteiger partial charge on any atom is -0.495 e. The van der Waals surface area contributed by atoms with E-state index in [4.69, 9.17) is 4.74 Å². The molecule has 2 atom stereocenters. The molecule has 1 fully saturated rings. The summed E-state index contributed by atoms with van der Waals surface area (Å²) < 4.78 is 45.4. The summed E-state index contributed by atoms with van der Waals surface area (Å²) in [6.07, 6.45) is -1.24. The van der Waals surface area contributed by atoms with Crippen LogP contribution in [0.2, 0.25) is 0 Å². The van der Waals surface area contributed by atoms with Gasteiger partial charge in [0.2, 0.25) is 10.0 Å². The monoisotopic (exact) mass is 317 g/mol.